The van der Waals surface area contributed by atoms with Gasteiger partial charge in [0, 0.05) is 28.1 Å². The van der Waals surface area contributed by atoms with Gasteiger partial charge in [-0.15, -0.1) is 0 Å². The number of Topliss-reactive ketones (excluding diaryl/α,β-unsaturated/α-hetero) is 1. The van der Waals surface area contributed by atoms with Crippen LogP contribution in [0.4, 0.5) is 0 Å². The van der Waals surface area contributed by atoms with Crippen molar-refractivity contribution in [3.8, 4) is 5.75 Å². The third-order valence-corrected chi connectivity index (χ3v) is 9.71. The van der Waals surface area contributed by atoms with E-state index in [2.05, 4.69) is 85.2 Å². The fourth-order valence-corrected chi connectivity index (χ4v) is 6.63. The topological polar surface area (TPSA) is 55.4 Å². The molecule has 4 rings (SSSR count). The summed E-state index contributed by atoms with van der Waals surface area (Å²) in [5, 5.41) is 3.41. The van der Waals surface area contributed by atoms with Crippen molar-refractivity contribution in [2.24, 2.45) is 0 Å². The Morgan fingerprint density at radius 1 is 0.909 bits per heavy atom. The van der Waals surface area contributed by atoms with E-state index < -0.39 is 5.97 Å². The monoisotopic (exact) mass is 777 g/mol. The van der Waals surface area contributed by atoms with Crippen molar-refractivity contribution in [2.75, 3.05) is 13.1 Å². The highest BCUT2D eigenvalue weighted by Gasteiger charge is 2.36. The van der Waals surface area contributed by atoms with Crippen LogP contribution in [-0.4, -0.2) is 24.8 Å². The highest BCUT2D eigenvalue weighted by molar-refractivity contribution is 14.1. The average molecular weight is 777 g/mol. The molecule has 1 saturated heterocycles. The van der Waals surface area contributed by atoms with Gasteiger partial charge in [0.1, 0.15) is 5.75 Å². The van der Waals surface area contributed by atoms with Crippen molar-refractivity contribution in [1.29, 1.82) is 0 Å². The molecule has 1 aliphatic rings. The Morgan fingerprint density at radius 3 is 2.24 bits per heavy atom. The molecule has 0 aromatic heterocycles. The molecule has 1 heterocycles. The zero-order valence-electron chi connectivity index (χ0n) is 17.7. The van der Waals surface area contributed by atoms with Gasteiger partial charge in [0.05, 0.1) is 5.56 Å². The normalized spacial score (nSPS) is 15.1. The summed E-state index contributed by atoms with van der Waals surface area (Å²) in [4.78, 5) is 25.9. The number of hydrogen-bond donors (Lipinski definition) is 1. The van der Waals surface area contributed by atoms with Crippen LogP contribution in [0.25, 0.3) is 0 Å². The molecule has 0 bridgehead atoms. The van der Waals surface area contributed by atoms with Crippen LogP contribution in [0.1, 0.15) is 45.5 Å². The molecule has 0 atom stereocenters. The Labute approximate surface area is 234 Å². The van der Waals surface area contributed by atoms with E-state index in [1.54, 1.807) is 24.3 Å². The van der Waals surface area contributed by atoms with Gasteiger partial charge in [-0.1, -0.05) is 30.3 Å². The zero-order chi connectivity index (χ0) is 23.4. The first kappa shape index (κ1) is 25.1. The molecule has 0 aliphatic carbocycles. The van der Waals surface area contributed by atoms with Crippen molar-refractivity contribution in [2.45, 2.75) is 24.7 Å². The number of ketones is 1. The molecule has 0 saturated carbocycles. The van der Waals surface area contributed by atoms with Gasteiger partial charge < -0.3 is 10.1 Å². The summed E-state index contributed by atoms with van der Waals surface area (Å²) in [6.07, 6.45) is 2.34. The summed E-state index contributed by atoms with van der Waals surface area (Å²) in [5.41, 5.74) is 2.27. The maximum atomic E-state index is 13.2. The van der Waals surface area contributed by atoms with Crippen LogP contribution in [0, 0.1) is 10.7 Å². The Kier molecular flexibility index (Phi) is 8.45. The molecule has 4 nitrogen and oxygen atoms in total. The average Bonchev–Trinajstić information content (AvgIpc) is 2.83. The van der Waals surface area contributed by atoms with E-state index in [9.17, 15) is 9.59 Å². The van der Waals surface area contributed by atoms with Crippen molar-refractivity contribution >= 4 is 79.5 Å². The van der Waals surface area contributed by atoms with E-state index in [0.29, 0.717) is 23.3 Å². The number of nitrogens with one attached hydrogen (secondary N) is 1. The molecule has 3 aromatic rings. The van der Waals surface area contributed by atoms with E-state index in [-0.39, 0.29) is 11.2 Å². The SMILES string of the molecule is O=C(CC1(c2ccccc2)CCNCC1)c1ccc(OC(=O)c2cc(I)cc(I)c2I)cc1. The third kappa shape index (κ3) is 5.96. The van der Waals surface area contributed by atoms with E-state index in [4.69, 9.17) is 4.74 Å². The molecule has 170 valence electrons. The van der Waals surface area contributed by atoms with Crippen LogP contribution in [-0.2, 0) is 5.41 Å². The molecular weight excluding hydrogens is 755 g/mol. The summed E-state index contributed by atoms with van der Waals surface area (Å²) < 4.78 is 8.46. The minimum absolute atomic E-state index is 0.111. The Morgan fingerprint density at radius 2 is 1.58 bits per heavy atom. The molecular formula is C26H22I3NO3. The van der Waals surface area contributed by atoms with E-state index in [1.165, 1.54) is 5.56 Å². The number of ether oxygens (including phenoxy) is 1. The van der Waals surface area contributed by atoms with Crippen molar-refractivity contribution < 1.29 is 14.3 Å². The maximum Gasteiger partial charge on any atom is 0.344 e. The number of piperidine rings is 1. The van der Waals surface area contributed by atoms with Gasteiger partial charge in [0.25, 0.3) is 0 Å². The number of halogens is 3. The molecule has 3 aromatic carbocycles. The minimum Gasteiger partial charge on any atom is -0.423 e. The van der Waals surface area contributed by atoms with Gasteiger partial charge >= 0.3 is 5.97 Å². The van der Waals surface area contributed by atoms with Crippen LogP contribution >= 0.6 is 67.8 Å². The number of benzene rings is 3. The van der Waals surface area contributed by atoms with Gasteiger partial charge in [-0.05, 0) is 136 Å². The second kappa shape index (κ2) is 11.1. The fourth-order valence-electron chi connectivity index (χ4n) is 4.25. The van der Waals surface area contributed by atoms with Crippen molar-refractivity contribution in [3.05, 3.63) is 94.1 Å². The van der Waals surface area contributed by atoms with E-state index in [0.717, 1.165) is 36.6 Å². The zero-order valence-corrected chi connectivity index (χ0v) is 24.2. The highest BCUT2D eigenvalue weighted by atomic mass is 127. The number of rotatable bonds is 6. The van der Waals surface area contributed by atoms with Crippen molar-refractivity contribution in [1.82, 2.24) is 5.32 Å². The summed E-state index contributed by atoms with van der Waals surface area (Å²) in [5.74, 6) is 0.147. The highest BCUT2D eigenvalue weighted by Crippen LogP contribution is 2.38. The predicted molar refractivity (Wildman–Crippen MR) is 155 cm³/mol. The summed E-state index contributed by atoms with van der Waals surface area (Å²) >= 11 is 6.58. The lowest BCUT2D eigenvalue weighted by atomic mass is 9.69. The summed E-state index contributed by atoms with van der Waals surface area (Å²) in [7, 11) is 0. The molecule has 0 radical (unpaired) electrons. The minimum atomic E-state index is -0.396. The lowest BCUT2D eigenvalue weighted by Gasteiger charge is -2.38. The van der Waals surface area contributed by atoms with Gasteiger partial charge in [-0.2, -0.15) is 0 Å². The van der Waals surface area contributed by atoms with Crippen LogP contribution in [0.15, 0.2) is 66.7 Å². The van der Waals surface area contributed by atoms with Gasteiger partial charge in [-0.25, -0.2) is 4.79 Å². The second-order valence-corrected chi connectivity index (χ2v) is 11.6. The van der Waals surface area contributed by atoms with Gasteiger partial charge in [0.2, 0.25) is 0 Å². The molecule has 0 spiro atoms. The fraction of sp³-hybridized carbons (Fsp3) is 0.231. The van der Waals surface area contributed by atoms with Crippen LogP contribution in [0.2, 0.25) is 0 Å². The lowest BCUT2D eigenvalue weighted by molar-refractivity contribution is 0.0733. The quantitative estimate of drug-likeness (QED) is 0.101. The van der Waals surface area contributed by atoms with Gasteiger partial charge in [0.15, 0.2) is 5.78 Å². The molecule has 33 heavy (non-hydrogen) atoms. The first-order valence-corrected chi connectivity index (χ1v) is 13.9. The van der Waals surface area contributed by atoms with Crippen molar-refractivity contribution in [3.63, 3.8) is 0 Å². The maximum absolute atomic E-state index is 13.2. The Balaban J connectivity index is 1.49. The standard InChI is InChI=1S/C26H22I3NO3/c27-19-14-21(24(29)22(28)15-19)25(32)33-20-8-6-17(7-9-20)23(31)16-26(10-12-30-13-11-26)18-4-2-1-3-5-18/h1-9,14-15,30H,10-13,16H2. The largest absolute Gasteiger partial charge is 0.423 e. The molecule has 0 unspecified atom stereocenters. The Hall–Kier alpha value is -1.05. The number of carbonyl (C=O) groups excluding carboxylic acids is 2. The molecule has 7 heteroatoms. The molecule has 1 aliphatic heterocycles. The number of carbonyl (C=O) groups is 2. The smallest absolute Gasteiger partial charge is 0.344 e. The first-order valence-electron chi connectivity index (χ1n) is 10.6. The second-order valence-electron chi connectivity index (χ2n) is 8.16. The van der Waals surface area contributed by atoms with E-state index >= 15 is 0 Å². The predicted octanol–water partition coefficient (Wildman–Crippen LogP) is 6.61. The first-order chi connectivity index (χ1) is 15.9. The Bertz CT molecular complexity index is 1160. The lowest BCUT2D eigenvalue weighted by Crippen LogP contribution is -2.41. The number of esters is 1. The third-order valence-electron chi connectivity index (χ3n) is 6.05. The summed E-state index contributed by atoms with van der Waals surface area (Å²) in [6.45, 7) is 1.82. The van der Waals surface area contributed by atoms with Crippen LogP contribution < -0.4 is 10.1 Å². The molecule has 0 amide bonds. The molecule has 1 fully saturated rings. The van der Waals surface area contributed by atoms with Crippen LogP contribution in [0.3, 0.4) is 0 Å². The summed E-state index contributed by atoms with van der Waals surface area (Å²) in [6, 6.07) is 21.1. The number of hydrogen-bond acceptors (Lipinski definition) is 4. The van der Waals surface area contributed by atoms with Gasteiger partial charge in [-0.3, -0.25) is 4.79 Å². The van der Waals surface area contributed by atoms with Crippen LogP contribution in [0.5, 0.6) is 5.75 Å². The van der Waals surface area contributed by atoms with E-state index in [1.807, 2.05) is 30.3 Å². The molecule has 1 N–H and O–H groups in total.